The van der Waals surface area contributed by atoms with E-state index in [1.54, 1.807) is 0 Å². The van der Waals surface area contributed by atoms with Gasteiger partial charge in [-0.05, 0) is 72.0 Å². The quantitative estimate of drug-likeness (QED) is 0.707. The fourth-order valence-electron chi connectivity index (χ4n) is 4.62. The molecule has 0 aromatic carbocycles. The summed E-state index contributed by atoms with van der Waals surface area (Å²) in [5.41, 5.74) is 0. The van der Waals surface area contributed by atoms with Crippen molar-refractivity contribution in [3.05, 3.63) is 20.8 Å². The summed E-state index contributed by atoms with van der Waals surface area (Å²) in [7, 11) is 0. The van der Waals surface area contributed by atoms with Crippen LogP contribution in [0.2, 0.25) is 0 Å². The summed E-state index contributed by atoms with van der Waals surface area (Å²) in [6, 6.07) is 2.99. The van der Waals surface area contributed by atoms with Crippen LogP contribution >= 0.6 is 27.3 Å². The van der Waals surface area contributed by atoms with E-state index in [9.17, 15) is 0 Å². The lowest BCUT2D eigenvalue weighted by molar-refractivity contribution is 0.110. The van der Waals surface area contributed by atoms with Crippen LogP contribution in [0.1, 0.15) is 56.7 Å². The standard InChI is InChI=1S/C18H28BrNS/c1-2-20-18(11-17-10-16(19)12-21-17)15-8-7-13-5-3-4-6-14(13)9-15/h10,12-15,18,20H,2-9,11H2,1H3. The van der Waals surface area contributed by atoms with E-state index in [0.717, 1.165) is 24.3 Å². The molecule has 1 N–H and O–H groups in total. The molecule has 21 heavy (non-hydrogen) atoms. The summed E-state index contributed by atoms with van der Waals surface area (Å²) in [5.74, 6) is 2.99. The molecule has 0 aliphatic heterocycles. The third-order valence-corrected chi connectivity index (χ3v) is 7.38. The fourth-order valence-corrected chi connectivity index (χ4v) is 6.13. The highest BCUT2D eigenvalue weighted by Gasteiger charge is 2.35. The molecule has 0 saturated heterocycles. The molecule has 1 heterocycles. The van der Waals surface area contributed by atoms with E-state index in [1.807, 2.05) is 11.3 Å². The van der Waals surface area contributed by atoms with Crippen molar-refractivity contribution in [2.24, 2.45) is 17.8 Å². The Bertz CT molecular complexity index is 444. The predicted molar refractivity (Wildman–Crippen MR) is 96.0 cm³/mol. The topological polar surface area (TPSA) is 12.0 Å². The lowest BCUT2D eigenvalue weighted by Gasteiger charge is -2.42. The summed E-state index contributed by atoms with van der Waals surface area (Å²) in [4.78, 5) is 1.53. The number of halogens is 1. The van der Waals surface area contributed by atoms with Gasteiger partial charge < -0.3 is 5.32 Å². The average Bonchev–Trinajstić information content (AvgIpc) is 2.91. The normalized spacial score (nSPS) is 30.9. The van der Waals surface area contributed by atoms with Crippen molar-refractivity contribution in [1.82, 2.24) is 5.32 Å². The van der Waals surface area contributed by atoms with E-state index in [0.29, 0.717) is 6.04 Å². The molecule has 0 spiro atoms. The molecular formula is C18H28BrNS. The number of fused-ring (bicyclic) bond motifs is 1. The fraction of sp³-hybridized carbons (Fsp3) is 0.778. The van der Waals surface area contributed by atoms with Gasteiger partial charge in [0.2, 0.25) is 0 Å². The predicted octanol–water partition coefficient (Wildman–Crippen LogP) is 5.64. The highest BCUT2D eigenvalue weighted by atomic mass is 79.9. The highest BCUT2D eigenvalue weighted by molar-refractivity contribution is 9.10. The summed E-state index contributed by atoms with van der Waals surface area (Å²) in [6.07, 6.45) is 11.6. The molecule has 0 amide bonds. The monoisotopic (exact) mass is 369 g/mol. The van der Waals surface area contributed by atoms with Crippen LogP contribution in [0.25, 0.3) is 0 Å². The first kappa shape index (κ1) is 16.0. The van der Waals surface area contributed by atoms with Gasteiger partial charge in [0.1, 0.15) is 0 Å². The minimum Gasteiger partial charge on any atom is -0.314 e. The molecule has 0 radical (unpaired) electrons. The minimum absolute atomic E-state index is 0.684. The van der Waals surface area contributed by atoms with Gasteiger partial charge in [-0.1, -0.05) is 32.6 Å². The maximum atomic E-state index is 3.80. The second-order valence-electron chi connectivity index (χ2n) is 6.98. The lowest BCUT2D eigenvalue weighted by Crippen LogP contribution is -2.42. The second-order valence-corrected chi connectivity index (χ2v) is 8.89. The molecular weight excluding hydrogens is 342 g/mol. The van der Waals surface area contributed by atoms with E-state index in [2.05, 4.69) is 39.6 Å². The smallest absolute Gasteiger partial charge is 0.0285 e. The molecule has 1 aromatic rings. The molecule has 1 nitrogen and oxygen atoms in total. The Kier molecular flexibility index (Phi) is 5.80. The number of hydrogen-bond donors (Lipinski definition) is 1. The number of nitrogens with one attached hydrogen (secondary N) is 1. The zero-order valence-corrected chi connectivity index (χ0v) is 15.5. The maximum Gasteiger partial charge on any atom is 0.0285 e. The van der Waals surface area contributed by atoms with Gasteiger partial charge in [0.25, 0.3) is 0 Å². The molecule has 0 bridgehead atoms. The summed E-state index contributed by atoms with van der Waals surface area (Å²) in [6.45, 7) is 3.35. The van der Waals surface area contributed by atoms with E-state index in [1.165, 1.54) is 60.7 Å². The van der Waals surface area contributed by atoms with Gasteiger partial charge in [-0.25, -0.2) is 0 Å². The van der Waals surface area contributed by atoms with Gasteiger partial charge in [0.15, 0.2) is 0 Å². The summed E-state index contributed by atoms with van der Waals surface area (Å²) in [5, 5.41) is 6.02. The third kappa shape index (κ3) is 4.11. The Morgan fingerprint density at radius 3 is 2.76 bits per heavy atom. The zero-order chi connectivity index (χ0) is 14.7. The Morgan fingerprint density at radius 1 is 1.24 bits per heavy atom. The van der Waals surface area contributed by atoms with Gasteiger partial charge in [-0.3, -0.25) is 0 Å². The number of likely N-dealkylation sites (N-methyl/N-ethyl adjacent to an activating group) is 1. The van der Waals surface area contributed by atoms with Crippen LogP contribution in [0, 0.1) is 17.8 Å². The van der Waals surface area contributed by atoms with E-state index >= 15 is 0 Å². The average molecular weight is 370 g/mol. The van der Waals surface area contributed by atoms with E-state index in [4.69, 9.17) is 0 Å². The van der Waals surface area contributed by atoms with Crippen molar-refractivity contribution in [3.8, 4) is 0 Å². The molecule has 4 unspecified atom stereocenters. The Morgan fingerprint density at radius 2 is 2.05 bits per heavy atom. The first-order valence-electron chi connectivity index (χ1n) is 8.72. The Hall–Kier alpha value is 0.140. The summed E-state index contributed by atoms with van der Waals surface area (Å²) < 4.78 is 1.24. The van der Waals surface area contributed by atoms with Crippen LogP contribution in [0.15, 0.2) is 15.9 Å². The summed E-state index contributed by atoms with van der Waals surface area (Å²) >= 11 is 5.50. The molecule has 2 aliphatic rings. The Labute approximate surface area is 142 Å². The zero-order valence-electron chi connectivity index (χ0n) is 13.1. The Balaban J connectivity index is 1.63. The number of thiophene rings is 1. The largest absolute Gasteiger partial charge is 0.314 e. The van der Waals surface area contributed by atoms with Crippen molar-refractivity contribution < 1.29 is 0 Å². The van der Waals surface area contributed by atoms with Gasteiger partial charge in [0.05, 0.1) is 0 Å². The molecule has 3 heteroatoms. The molecule has 4 atom stereocenters. The van der Waals surface area contributed by atoms with Gasteiger partial charge in [0, 0.05) is 20.8 Å². The van der Waals surface area contributed by atoms with E-state index in [-0.39, 0.29) is 0 Å². The molecule has 1 aromatic heterocycles. The minimum atomic E-state index is 0.684. The van der Waals surface area contributed by atoms with Crippen molar-refractivity contribution >= 4 is 27.3 Å². The van der Waals surface area contributed by atoms with Crippen LogP contribution in [0.3, 0.4) is 0 Å². The molecule has 2 saturated carbocycles. The van der Waals surface area contributed by atoms with E-state index < -0.39 is 0 Å². The molecule has 2 fully saturated rings. The SMILES string of the molecule is CCNC(Cc1cc(Br)cs1)C1CCC2CCCCC2C1. The van der Waals surface area contributed by atoms with Gasteiger partial charge in [-0.2, -0.15) is 0 Å². The maximum absolute atomic E-state index is 3.80. The van der Waals surface area contributed by atoms with Crippen molar-refractivity contribution in [2.45, 2.75) is 64.3 Å². The molecule has 2 aliphatic carbocycles. The molecule has 3 rings (SSSR count). The van der Waals surface area contributed by atoms with Crippen LogP contribution < -0.4 is 5.32 Å². The van der Waals surface area contributed by atoms with Crippen molar-refractivity contribution in [3.63, 3.8) is 0 Å². The highest BCUT2D eigenvalue weighted by Crippen LogP contribution is 2.44. The van der Waals surface area contributed by atoms with Gasteiger partial charge >= 0.3 is 0 Å². The van der Waals surface area contributed by atoms with Crippen molar-refractivity contribution in [1.29, 1.82) is 0 Å². The lowest BCUT2D eigenvalue weighted by atomic mass is 9.66. The number of rotatable bonds is 5. The van der Waals surface area contributed by atoms with Crippen LogP contribution in [0.4, 0.5) is 0 Å². The van der Waals surface area contributed by atoms with Crippen LogP contribution in [-0.2, 0) is 6.42 Å². The third-order valence-electron chi connectivity index (χ3n) is 5.66. The van der Waals surface area contributed by atoms with Crippen LogP contribution in [0.5, 0.6) is 0 Å². The van der Waals surface area contributed by atoms with Gasteiger partial charge in [-0.15, -0.1) is 11.3 Å². The van der Waals surface area contributed by atoms with Crippen LogP contribution in [-0.4, -0.2) is 12.6 Å². The second kappa shape index (κ2) is 7.61. The first-order valence-corrected chi connectivity index (χ1v) is 10.4. The van der Waals surface area contributed by atoms with Crippen molar-refractivity contribution in [2.75, 3.05) is 6.54 Å². The first-order chi connectivity index (χ1) is 10.3. The number of hydrogen-bond acceptors (Lipinski definition) is 2. The molecule has 118 valence electrons.